The number of methoxy groups -OCH3 is 1. The summed E-state index contributed by atoms with van der Waals surface area (Å²) in [5, 5.41) is 12.5. The summed E-state index contributed by atoms with van der Waals surface area (Å²) in [7, 11) is 1.64. The van der Waals surface area contributed by atoms with E-state index in [4.69, 9.17) is 10.00 Å². The van der Waals surface area contributed by atoms with Crippen molar-refractivity contribution in [1.29, 1.82) is 5.26 Å². The van der Waals surface area contributed by atoms with Crippen LogP contribution in [0.2, 0.25) is 0 Å². The lowest BCUT2D eigenvalue weighted by atomic mass is 10.1. The van der Waals surface area contributed by atoms with Gasteiger partial charge in [-0.3, -0.25) is 0 Å². The maximum absolute atomic E-state index is 9.00. The molecule has 0 saturated carbocycles. The Morgan fingerprint density at radius 1 is 1.29 bits per heavy atom. The van der Waals surface area contributed by atoms with E-state index in [0.29, 0.717) is 12.1 Å². The van der Waals surface area contributed by atoms with Crippen LogP contribution in [0.3, 0.4) is 0 Å². The van der Waals surface area contributed by atoms with Crippen molar-refractivity contribution in [2.75, 3.05) is 7.11 Å². The molecule has 0 bridgehead atoms. The van der Waals surface area contributed by atoms with Crippen LogP contribution in [0.5, 0.6) is 5.75 Å². The minimum atomic E-state index is 0.191. The van der Waals surface area contributed by atoms with Gasteiger partial charge in [0.05, 0.1) is 18.7 Å². The van der Waals surface area contributed by atoms with E-state index in [1.54, 1.807) is 13.2 Å². The summed E-state index contributed by atoms with van der Waals surface area (Å²) in [5.74, 6) is 0.792. The molecule has 1 N–H and O–H groups in total. The Bertz CT molecular complexity index is 664. The molecular weight excluding hydrogens is 328 g/mol. The molecule has 0 aromatic heterocycles. The van der Waals surface area contributed by atoms with Crippen LogP contribution in [0.1, 0.15) is 29.7 Å². The van der Waals surface area contributed by atoms with Gasteiger partial charge in [-0.05, 0) is 36.8 Å². The molecule has 0 aliphatic carbocycles. The van der Waals surface area contributed by atoms with Crippen LogP contribution < -0.4 is 10.1 Å². The highest BCUT2D eigenvalue weighted by molar-refractivity contribution is 9.10. The minimum Gasteiger partial charge on any atom is -0.496 e. The first-order valence-electron chi connectivity index (χ1n) is 6.70. The average Bonchev–Trinajstić information content (AvgIpc) is 2.52. The number of rotatable bonds is 5. The van der Waals surface area contributed by atoms with E-state index < -0.39 is 0 Å². The Labute approximate surface area is 133 Å². The fraction of sp³-hybridized carbons (Fsp3) is 0.235. The topological polar surface area (TPSA) is 45.0 Å². The second-order valence-electron chi connectivity index (χ2n) is 4.76. The highest BCUT2D eigenvalue weighted by atomic mass is 79.9. The smallest absolute Gasteiger partial charge is 0.123 e. The van der Waals surface area contributed by atoms with E-state index in [9.17, 15) is 0 Å². The molecule has 0 spiro atoms. The van der Waals surface area contributed by atoms with Gasteiger partial charge in [0.15, 0.2) is 0 Å². The van der Waals surface area contributed by atoms with Gasteiger partial charge in [-0.25, -0.2) is 0 Å². The van der Waals surface area contributed by atoms with E-state index >= 15 is 0 Å². The minimum absolute atomic E-state index is 0.191. The average molecular weight is 345 g/mol. The molecule has 2 rings (SSSR count). The fourth-order valence-electron chi connectivity index (χ4n) is 2.19. The SMILES string of the molecule is COc1ccc(C#N)cc1CN[C@@H](C)c1ccccc1Br. The van der Waals surface area contributed by atoms with Gasteiger partial charge in [0, 0.05) is 22.6 Å². The van der Waals surface area contributed by atoms with Gasteiger partial charge < -0.3 is 10.1 Å². The Morgan fingerprint density at radius 3 is 2.71 bits per heavy atom. The van der Waals surface area contributed by atoms with Crippen LogP contribution in [-0.2, 0) is 6.54 Å². The lowest BCUT2D eigenvalue weighted by molar-refractivity contribution is 0.406. The molecule has 0 unspecified atom stereocenters. The first kappa shape index (κ1) is 15.6. The Morgan fingerprint density at radius 2 is 2.05 bits per heavy atom. The lowest BCUT2D eigenvalue weighted by Crippen LogP contribution is -2.19. The first-order chi connectivity index (χ1) is 10.2. The number of nitrogens with one attached hydrogen (secondary N) is 1. The second kappa shape index (κ2) is 7.26. The molecule has 0 aliphatic rings. The maximum atomic E-state index is 9.00. The second-order valence-corrected chi connectivity index (χ2v) is 5.62. The predicted octanol–water partition coefficient (Wildman–Crippen LogP) is 4.18. The van der Waals surface area contributed by atoms with Crippen LogP contribution in [0.4, 0.5) is 0 Å². The molecule has 0 aliphatic heterocycles. The van der Waals surface area contributed by atoms with Crippen LogP contribution in [0, 0.1) is 11.3 Å². The van der Waals surface area contributed by atoms with Gasteiger partial charge in [-0.2, -0.15) is 5.26 Å². The van der Waals surface area contributed by atoms with Crippen LogP contribution in [-0.4, -0.2) is 7.11 Å². The highest BCUT2D eigenvalue weighted by Crippen LogP contribution is 2.24. The first-order valence-corrected chi connectivity index (χ1v) is 7.50. The van der Waals surface area contributed by atoms with E-state index in [2.05, 4.69) is 40.3 Å². The molecule has 0 amide bonds. The molecule has 2 aromatic carbocycles. The lowest BCUT2D eigenvalue weighted by Gasteiger charge is -2.17. The van der Waals surface area contributed by atoms with Crippen molar-refractivity contribution < 1.29 is 4.74 Å². The normalized spacial score (nSPS) is 11.7. The molecule has 3 nitrogen and oxygen atoms in total. The summed E-state index contributed by atoms with van der Waals surface area (Å²) in [6, 6.07) is 15.9. The number of halogens is 1. The monoisotopic (exact) mass is 344 g/mol. The third-order valence-electron chi connectivity index (χ3n) is 3.38. The standard InChI is InChI=1S/C17H17BrN2O/c1-12(15-5-3-4-6-16(15)18)20-11-14-9-13(10-19)7-8-17(14)21-2/h3-9,12,20H,11H2,1-2H3/t12-/m0/s1. The molecule has 0 fully saturated rings. The van der Waals surface area contributed by atoms with E-state index in [1.807, 2.05) is 30.3 Å². The summed E-state index contributed by atoms with van der Waals surface area (Å²) >= 11 is 3.57. The summed E-state index contributed by atoms with van der Waals surface area (Å²) in [4.78, 5) is 0. The van der Waals surface area contributed by atoms with Gasteiger partial charge in [0.25, 0.3) is 0 Å². The van der Waals surface area contributed by atoms with Crippen molar-refractivity contribution in [3.05, 3.63) is 63.6 Å². The Hall–Kier alpha value is -1.83. The van der Waals surface area contributed by atoms with E-state index in [-0.39, 0.29) is 6.04 Å². The zero-order chi connectivity index (χ0) is 15.2. The number of nitrogens with zero attached hydrogens (tertiary/aromatic N) is 1. The van der Waals surface area contributed by atoms with Gasteiger partial charge >= 0.3 is 0 Å². The summed E-state index contributed by atoms with van der Waals surface area (Å²) < 4.78 is 6.43. The van der Waals surface area contributed by atoms with Crippen LogP contribution in [0.15, 0.2) is 46.9 Å². The van der Waals surface area contributed by atoms with E-state index in [0.717, 1.165) is 15.8 Å². The molecular formula is C17H17BrN2O. The van der Waals surface area contributed by atoms with Crippen molar-refractivity contribution in [3.8, 4) is 11.8 Å². The molecule has 0 heterocycles. The van der Waals surface area contributed by atoms with Gasteiger partial charge in [0.2, 0.25) is 0 Å². The van der Waals surface area contributed by atoms with E-state index in [1.165, 1.54) is 5.56 Å². The number of hydrogen-bond donors (Lipinski definition) is 1. The third kappa shape index (κ3) is 3.84. The Balaban J connectivity index is 2.13. The number of nitriles is 1. The van der Waals surface area contributed by atoms with Crippen molar-refractivity contribution >= 4 is 15.9 Å². The molecule has 0 radical (unpaired) electrons. The molecule has 1 atom stereocenters. The zero-order valence-corrected chi connectivity index (χ0v) is 13.6. The maximum Gasteiger partial charge on any atom is 0.123 e. The largest absolute Gasteiger partial charge is 0.496 e. The van der Waals surface area contributed by atoms with Gasteiger partial charge in [-0.1, -0.05) is 34.1 Å². The number of hydrogen-bond acceptors (Lipinski definition) is 3. The van der Waals surface area contributed by atoms with Gasteiger partial charge in [0.1, 0.15) is 5.75 Å². The molecule has 21 heavy (non-hydrogen) atoms. The summed E-state index contributed by atoms with van der Waals surface area (Å²) in [5.41, 5.74) is 2.82. The predicted molar refractivity (Wildman–Crippen MR) is 87.1 cm³/mol. The molecule has 0 saturated heterocycles. The molecule has 108 valence electrons. The fourth-order valence-corrected chi connectivity index (χ4v) is 2.81. The van der Waals surface area contributed by atoms with Crippen LogP contribution in [0.25, 0.3) is 0 Å². The van der Waals surface area contributed by atoms with Crippen molar-refractivity contribution in [3.63, 3.8) is 0 Å². The number of ether oxygens (including phenoxy) is 1. The summed E-state index contributed by atoms with van der Waals surface area (Å²) in [6.45, 7) is 2.75. The van der Waals surface area contributed by atoms with Crippen molar-refractivity contribution in [2.24, 2.45) is 0 Å². The molecule has 4 heteroatoms. The zero-order valence-electron chi connectivity index (χ0n) is 12.1. The summed E-state index contributed by atoms with van der Waals surface area (Å²) in [6.07, 6.45) is 0. The third-order valence-corrected chi connectivity index (χ3v) is 4.10. The molecule has 2 aromatic rings. The van der Waals surface area contributed by atoms with Crippen molar-refractivity contribution in [1.82, 2.24) is 5.32 Å². The highest BCUT2D eigenvalue weighted by Gasteiger charge is 2.10. The Kier molecular flexibility index (Phi) is 5.38. The van der Waals surface area contributed by atoms with Crippen LogP contribution >= 0.6 is 15.9 Å². The number of benzene rings is 2. The quantitative estimate of drug-likeness (QED) is 0.884. The van der Waals surface area contributed by atoms with Crippen molar-refractivity contribution in [2.45, 2.75) is 19.5 Å². The van der Waals surface area contributed by atoms with Gasteiger partial charge in [-0.15, -0.1) is 0 Å².